The molecule has 0 bridgehead atoms. The number of hydrogen-bond donors (Lipinski definition) is 0. The highest BCUT2D eigenvalue weighted by Crippen LogP contribution is 2.43. The number of hydrogen-bond acceptors (Lipinski definition) is 3. The molecule has 0 spiro atoms. The summed E-state index contributed by atoms with van der Waals surface area (Å²) in [6.07, 6.45) is 18.1. The van der Waals surface area contributed by atoms with Gasteiger partial charge in [-0.25, -0.2) is 0 Å². The van der Waals surface area contributed by atoms with Gasteiger partial charge in [0.25, 0.3) is 0 Å². The Bertz CT molecular complexity index is 465. The van der Waals surface area contributed by atoms with Crippen molar-refractivity contribution < 1.29 is 9.53 Å². The molecule has 0 aromatic heterocycles. The fourth-order valence-corrected chi connectivity index (χ4v) is 5.00. The van der Waals surface area contributed by atoms with Gasteiger partial charge in [-0.05, 0) is 63.7 Å². The van der Waals surface area contributed by atoms with Gasteiger partial charge in [0.2, 0.25) is 0 Å². The maximum Gasteiger partial charge on any atom is 0.309 e. The van der Waals surface area contributed by atoms with Crippen LogP contribution < -0.4 is 0 Å². The molecule has 154 valence electrons. The highest BCUT2D eigenvalue weighted by atomic mass is 16.5. The fraction of sp³-hybridized carbons (Fsp3) is 0.917. The van der Waals surface area contributed by atoms with Crippen molar-refractivity contribution in [2.45, 2.75) is 123 Å². The molecule has 3 heteroatoms. The molecule has 0 amide bonds. The van der Waals surface area contributed by atoms with Crippen LogP contribution in [0.1, 0.15) is 117 Å². The number of ether oxygens (including phenoxy) is 1. The zero-order valence-corrected chi connectivity index (χ0v) is 17.8. The molecule has 2 fully saturated rings. The van der Waals surface area contributed by atoms with Crippen molar-refractivity contribution >= 4 is 5.97 Å². The Morgan fingerprint density at radius 3 is 2.22 bits per heavy atom. The van der Waals surface area contributed by atoms with E-state index in [1.54, 1.807) is 0 Å². The van der Waals surface area contributed by atoms with E-state index >= 15 is 0 Å². The molecule has 27 heavy (non-hydrogen) atoms. The van der Waals surface area contributed by atoms with E-state index in [0.29, 0.717) is 0 Å². The van der Waals surface area contributed by atoms with Crippen LogP contribution in [0.4, 0.5) is 0 Å². The minimum absolute atomic E-state index is 0.0171. The predicted molar refractivity (Wildman–Crippen MR) is 110 cm³/mol. The Morgan fingerprint density at radius 1 is 0.963 bits per heavy atom. The van der Waals surface area contributed by atoms with Gasteiger partial charge >= 0.3 is 5.97 Å². The Balaban J connectivity index is 1.66. The summed E-state index contributed by atoms with van der Waals surface area (Å²) in [7, 11) is 0. The molecule has 0 unspecified atom stereocenters. The molecular formula is C24H41NO2. The molecule has 2 aliphatic rings. The third-order valence-electron chi connectivity index (χ3n) is 7.06. The average molecular weight is 376 g/mol. The summed E-state index contributed by atoms with van der Waals surface area (Å²) in [5, 5.41) is 9.60. The molecule has 0 aliphatic heterocycles. The Morgan fingerprint density at radius 2 is 1.63 bits per heavy atom. The minimum Gasteiger partial charge on any atom is -0.462 e. The van der Waals surface area contributed by atoms with Gasteiger partial charge in [-0.3, -0.25) is 4.79 Å². The van der Waals surface area contributed by atoms with Crippen LogP contribution in [0.2, 0.25) is 0 Å². The lowest BCUT2D eigenvalue weighted by atomic mass is 9.69. The van der Waals surface area contributed by atoms with Crippen LogP contribution in [0.25, 0.3) is 0 Å². The van der Waals surface area contributed by atoms with Crippen LogP contribution in [0.15, 0.2) is 0 Å². The first-order valence-electron chi connectivity index (χ1n) is 11.7. The van der Waals surface area contributed by atoms with Crippen molar-refractivity contribution in [3.8, 4) is 6.07 Å². The monoisotopic (exact) mass is 375 g/mol. The van der Waals surface area contributed by atoms with Crippen LogP contribution in [0, 0.1) is 28.6 Å². The maximum atomic E-state index is 12.6. The molecular weight excluding hydrogens is 334 g/mol. The van der Waals surface area contributed by atoms with Crippen molar-refractivity contribution in [1.82, 2.24) is 0 Å². The second-order valence-corrected chi connectivity index (χ2v) is 9.20. The zero-order chi connectivity index (χ0) is 19.5. The zero-order valence-electron chi connectivity index (χ0n) is 17.8. The van der Waals surface area contributed by atoms with Crippen molar-refractivity contribution in [2.75, 3.05) is 0 Å². The van der Waals surface area contributed by atoms with E-state index in [2.05, 4.69) is 19.9 Å². The number of rotatable bonds is 10. The SMILES string of the molecule is CCCCCCC1CCC(OC(=O)C2CCC(C#N)(CCCC)CC2)CC1. The first-order valence-corrected chi connectivity index (χ1v) is 11.7. The Kier molecular flexibility index (Phi) is 9.66. The van der Waals surface area contributed by atoms with Crippen LogP contribution in [0.5, 0.6) is 0 Å². The molecule has 2 rings (SSSR count). The maximum absolute atomic E-state index is 12.6. The van der Waals surface area contributed by atoms with Gasteiger partial charge in [0, 0.05) is 0 Å². The lowest BCUT2D eigenvalue weighted by Crippen LogP contribution is -2.33. The summed E-state index contributed by atoms with van der Waals surface area (Å²) in [5.74, 6) is 0.893. The summed E-state index contributed by atoms with van der Waals surface area (Å²) in [6.45, 7) is 4.44. The summed E-state index contributed by atoms with van der Waals surface area (Å²) >= 11 is 0. The first-order chi connectivity index (χ1) is 13.1. The number of carbonyl (C=O) groups is 1. The van der Waals surface area contributed by atoms with Gasteiger partial charge in [0.05, 0.1) is 17.4 Å². The number of nitriles is 1. The quantitative estimate of drug-likeness (QED) is 0.306. The van der Waals surface area contributed by atoms with Crippen molar-refractivity contribution in [3.05, 3.63) is 0 Å². The summed E-state index contributed by atoms with van der Waals surface area (Å²) in [4.78, 5) is 12.6. The normalized spacial score (nSPS) is 31.2. The van der Waals surface area contributed by atoms with Crippen molar-refractivity contribution in [1.29, 1.82) is 5.26 Å². The van der Waals surface area contributed by atoms with E-state index in [0.717, 1.165) is 63.7 Å². The number of nitrogens with zero attached hydrogens (tertiary/aromatic N) is 1. The van der Waals surface area contributed by atoms with E-state index in [9.17, 15) is 10.1 Å². The highest BCUT2D eigenvalue weighted by molar-refractivity contribution is 5.72. The molecule has 0 aromatic carbocycles. The third kappa shape index (κ3) is 7.13. The van der Waals surface area contributed by atoms with Gasteiger partial charge in [0.1, 0.15) is 6.10 Å². The summed E-state index contributed by atoms with van der Waals surface area (Å²) in [5.41, 5.74) is -0.178. The average Bonchev–Trinajstić information content (AvgIpc) is 2.71. The van der Waals surface area contributed by atoms with Crippen molar-refractivity contribution in [2.24, 2.45) is 17.3 Å². The molecule has 0 aromatic rings. The van der Waals surface area contributed by atoms with Crippen LogP contribution in [-0.2, 0) is 9.53 Å². The van der Waals surface area contributed by atoms with E-state index in [1.807, 2.05) is 0 Å². The van der Waals surface area contributed by atoms with E-state index < -0.39 is 0 Å². The molecule has 3 nitrogen and oxygen atoms in total. The Hall–Kier alpha value is -1.04. The van der Waals surface area contributed by atoms with Gasteiger partial charge < -0.3 is 4.74 Å². The van der Waals surface area contributed by atoms with Crippen molar-refractivity contribution in [3.63, 3.8) is 0 Å². The van der Waals surface area contributed by atoms with Gasteiger partial charge in [-0.2, -0.15) is 5.26 Å². The Labute approximate surface area is 167 Å². The summed E-state index contributed by atoms with van der Waals surface area (Å²) < 4.78 is 5.88. The second kappa shape index (κ2) is 11.7. The van der Waals surface area contributed by atoms with Gasteiger partial charge in [-0.1, -0.05) is 58.8 Å². The molecule has 2 aliphatic carbocycles. The lowest BCUT2D eigenvalue weighted by Gasteiger charge is -2.35. The summed E-state index contributed by atoms with van der Waals surface area (Å²) in [6, 6.07) is 2.57. The number of unbranched alkanes of at least 4 members (excludes halogenated alkanes) is 4. The lowest BCUT2D eigenvalue weighted by molar-refractivity contribution is -0.157. The highest BCUT2D eigenvalue weighted by Gasteiger charge is 2.38. The second-order valence-electron chi connectivity index (χ2n) is 9.20. The number of carbonyl (C=O) groups excluding carboxylic acids is 1. The number of esters is 1. The molecule has 0 heterocycles. The third-order valence-corrected chi connectivity index (χ3v) is 7.06. The molecule has 0 saturated heterocycles. The predicted octanol–water partition coefficient (Wildman–Crippen LogP) is 6.95. The van der Waals surface area contributed by atoms with Crippen LogP contribution in [-0.4, -0.2) is 12.1 Å². The largest absolute Gasteiger partial charge is 0.462 e. The van der Waals surface area contributed by atoms with E-state index in [-0.39, 0.29) is 23.4 Å². The van der Waals surface area contributed by atoms with E-state index in [1.165, 1.54) is 44.9 Å². The standard InChI is InChI=1S/C24H41NO2/c1-3-5-7-8-9-20-10-12-22(13-11-20)27-23(26)21-14-17-24(19-25,18-15-21)16-6-4-2/h20-22H,3-18H2,1-2H3. The molecule has 2 saturated carbocycles. The fourth-order valence-electron chi connectivity index (χ4n) is 5.00. The van der Waals surface area contributed by atoms with Crippen LogP contribution >= 0.6 is 0 Å². The van der Waals surface area contributed by atoms with E-state index in [4.69, 9.17) is 4.74 Å². The minimum atomic E-state index is -0.178. The molecule has 0 atom stereocenters. The topological polar surface area (TPSA) is 50.1 Å². The van der Waals surface area contributed by atoms with Gasteiger partial charge in [0.15, 0.2) is 0 Å². The molecule has 0 N–H and O–H groups in total. The molecule has 0 radical (unpaired) electrons. The van der Waals surface area contributed by atoms with Crippen LogP contribution in [0.3, 0.4) is 0 Å². The van der Waals surface area contributed by atoms with Gasteiger partial charge in [-0.15, -0.1) is 0 Å². The first kappa shape index (κ1) is 22.3. The smallest absolute Gasteiger partial charge is 0.309 e.